The van der Waals surface area contributed by atoms with Crippen LogP contribution in [-0.4, -0.2) is 28.5 Å². The van der Waals surface area contributed by atoms with E-state index in [2.05, 4.69) is 21.9 Å². The third-order valence-electron chi connectivity index (χ3n) is 2.26. The fourth-order valence-electron chi connectivity index (χ4n) is 1.53. The van der Waals surface area contributed by atoms with Crippen molar-refractivity contribution in [2.24, 2.45) is 0 Å². The Morgan fingerprint density at radius 1 is 1.50 bits per heavy atom. The molecular formula is C9H13N3. The molecule has 1 aliphatic rings. The van der Waals surface area contributed by atoms with Crippen LogP contribution < -0.4 is 0 Å². The minimum absolute atomic E-state index is 0.879. The summed E-state index contributed by atoms with van der Waals surface area (Å²) in [6.45, 7) is 4.03. The monoisotopic (exact) mass is 163 g/mol. The minimum Gasteiger partial charge on any atom is -0.300 e. The second kappa shape index (κ2) is 2.83. The van der Waals surface area contributed by atoms with Crippen molar-refractivity contribution in [3.8, 4) is 0 Å². The summed E-state index contributed by atoms with van der Waals surface area (Å²) in [5, 5.41) is 0. The highest BCUT2D eigenvalue weighted by Gasteiger charge is 2.14. The second-order valence-electron chi connectivity index (χ2n) is 3.38. The zero-order chi connectivity index (χ0) is 8.55. The van der Waals surface area contributed by atoms with Crippen molar-refractivity contribution in [1.29, 1.82) is 0 Å². The van der Waals surface area contributed by atoms with Crippen molar-refractivity contribution >= 4 is 0 Å². The van der Waals surface area contributed by atoms with Crippen LogP contribution in [0.3, 0.4) is 0 Å². The van der Waals surface area contributed by atoms with Crippen LogP contribution in [0, 0.1) is 6.92 Å². The van der Waals surface area contributed by atoms with Crippen molar-refractivity contribution in [3.05, 3.63) is 23.3 Å². The average molecular weight is 163 g/mol. The number of aryl methyl sites for hydroxylation is 1. The van der Waals surface area contributed by atoms with E-state index in [9.17, 15) is 0 Å². The molecule has 64 valence electrons. The van der Waals surface area contributed by atoms with Gasteiger partial charge in [0.05, 0.1) is 5.69 Å². The number of fused-ring (bicyclic) bond motifs is 1. The van der Waals surface area contributed by atoms with Crippen molar-refractivity contribution < 1.29 is 0 Å². The van der Waals surface area contributed by atoms with Crippen molar-refractivity contribution in [2.75, 3.05) is 13.6 Å². The Hall–Kier alpha value is -0.960. The van der Waals surface area contributed by atoms with Gasteiger partial charge < -0.3 is 4.90 Å². The molecule has 0 atom stereocenters. The first-order chi connectivity index (χ1) is 5.75. The first kappa shape index (κ1) is 7.68. The molecule has 0 fully saturated rings. The topological polar surface area (TPSA) is 29.0 Å². The highest BCUT2D eigenvalue weighted by atomic mass is 15.1. The fourth-order valence-corrected chi connectivity index (χ4v) is 1.53. The molecule has 0 bridgehead atoms. The Balaban J connectivity index is 2.37. The first-order valence-corrected chi connectivity index (χ1v) is 4.25. The summed E-state index contributed by atoms with van der Waals surface area (Å²) in [7, 11) is 2.13. The van der Waals surface area contributed by atoms with Gasteiger partial charge in [-0.25, -0.2) is 9.97 Å². The van der Waals surface area contributed by atoms with Crippen LogP contribution in [0.2, 0.25) is 0 Å². The molecular weight excluding hydrogens is 150 g/mol. The summed E-state index contributed by atoms with van der Waals surface area (Å²) in [6, 6.07) is 0. The van der Waals surface area contributed by atoms with E-state index in [4.69, 9.17) is 0 Å². The maximum absolute atomic E-state index is 4.41. The van der Waals surface area contributed by atoms with E-state index in [1.54, 1.807) is 0 Å². The number of likely N-dealkylation sites (N-methyl/N-ethyl adjacent to an activating group) is 1. The lowest BCUT2D eigenvalue weighted by Crippen LogP contribution is -2.27. The molecule has 0 radical (unpaired) electrons. The van der Waals surface area contributed by atoms with Crippen LogP contribution in [0.1, 0.15) is 17.1 Å². The molecule has 0 aromatic carbocycles. The first-order valence-electron chi connectivity index (χ1n) is 4.25. The van der Waals surface area contributed by atoms with Gasteiger partial charge >= 0.3 is 0 Å². The van der Waals surface area contributed by atoms with Crippen molar-refractivity contribution in [3.63, 3.8) is 0 Å². The Morgan fingerprint density at radius 3 is 3.17 bits per heavy atom. The molecule has 1 aliphatic heterocycles. The summed E-state index contributed by atoms with van der Waals surface area (Å²) < 4.78 is 0. The van der Waals surface area contributed by atoms with E-state index in [0.717, 1.165) is 25.3 Å². The highest BCUT2D eigenvalue weighted by molar-refractivity contribution is 5.20. The van der Waals surface area contributed by atoms with E-state index >= 15 is 0 Å². The average Bonchev–Trinajstić information content (AvgIpc) is 2.03. The number of rotatable bonds is 0. The molecule has 3 nitrogen and oxygen atoms in total. The molecule has 2 rings (SSSR count). The molecule has 0 N–H and O–H groups in total. The van der Waals surface area contributed by atoms with E-state index in [1.807, 2.05) is 13.1 Å². The maximum atomic E-state index is 4.41. The zero-order valence-electron chi connectivity index (χ0n) is 7.54. The van der Waals surface area contributed by atoms with Crippen LogP contribution in [0.4, 0.5) is 0 Å². The lowest BCUT2D eigenvalue weighted by molar-refractivity contribution is 0.306. The third kappa shape index (κ3) is 1.32. The number of aromatic nitrogens is 2. The largest absolute Gasteiger partial charge is 0.300 e. The van der Waals surface area contributed by atoms with Crippen LogP contribution in [-0.2, 0) is 13.0 Å². The van der Waals surface area contributed by atoms with E-state index in [0.29, 0.717) is 0 Å². The highest BCUT2D eigenvalue weighted by Crippen LogP contribution is 2.14. The molecule has 0 saturated heterocycles. The van der Waals surface area contributed by atoms with Gasteiger partial charge in [0.25, 0.3) is 0 Å². The summed E-state index contributed by atoms with van der Waals surface area (Å²) in [5.74, 6) is 0.879. The van der Waals surface area contributed by atoms with E-state index in [1.165, 1.54) is 11.3 Å². The predicted molar refractivity (Wildman–Crippen MR) is 46.8 cm³/mol. The molecule has 3 heteroatoms. The van der Waals surface area contributed by atoms with Crippen LogP contribution in [0.15, 0.2) is 6.20 Å². The SMILES string of the molecule is Cc1ncc2c(n1)CN(C)CC2. The lowest BCUT2D eigenvalue weighted by atomic mass is 10.1. The fraction of sp³-hybridized carbons (Fsp3) is 0.556. The Labute approximate surface area is 72.4 Å². The van der Waals surface area contributed by atoms with Gasteiger partial charge in [-0.15, -0.1) is 0 Å². The summed E-state index contributed by atoms with van der Waals surface area (Å²) in [5.41, 5.74) is 2.52. The van der Waals surface area contributed by atoms with Gasteiger partial charge in [-0.1, -0.05) is 0 Å². The van der Waals surface area contributed by atoms with Crippen molar-refractivity contribution in [2.45, 2.75) is 19.9 Å². The maximum Gasteiger partial charge on any atom is 0.125 e. The lowest BCUT2D eigenvalue weighted by Gasteiger charge is -2.23. The van der Waals surface area contributed by atoms with E-state index in [-0.39, 0.29) is 0 Å². The predicted octanol–water partition coefficient (Wildman–Crippen LogP) is 0.773. The van der Waals surface area contributed by atoms with Gasteiger partial charge in [0.1, 0.15) is 5.82 Å². The molecule has 0 spiro atoms. The molecule has 0 unspecified atom stereocenters. The van der Waals surface area contributed by atoms with Gasteiger partial charge in [-0.2, -0.15) is 0 Å². The Kier molecular flexibility index (Phi) is 1.81. The normalized spacial score (nSPS) is 17.5. The molecule has 12 heavy (non-hydrogen) atoms. The van der Waals surface area contributed by atoms with Gasteiger partial charge in [-0.3, -0.25) is 0 Å². The van der Waals surface area contributed by atoms with Gasteiger partial charge in [0.2, 0.25) is 0 Å². The summed E-state index contributed by atoms with van der Waals surface area (Å²) in [4.78, 5) is 10.9. The van der Waals surface area contributed by atoms with Crippen molar-refractivity contribution in [1.82, 2.24) is 14.9 Å². The van der Waals surface area contributed by atoms with Gasteiger partial charge in [-0.05, 0) is 26.0 Å². The summed E-state index contributed by atoms with van der Waals surface area (Å²) >= 11 is 0. The standard InChI is InChI=1S/C9H13N3/c1-7-10-5-8-3-4-12(2)6-9(8)11-7/h5H,3-4,6H2,1-2H3. The molecule has 0 amide bonds. The van der Waals surface area contributed by atoms with Gasteiger partial charge in [0.15, 0.2) is 0 Å². The number of hydrogen-bond donors (Lipinski definition) is 0. The van der Waals surface area contributed by atoms with Gasteiger partial charge in [0, 0.05) is 19.3 Å². The molecule has 1 aromatic rings. The van der Waals surface area contributed by atoms with Crippen LogP contribution in [0.25, 0.3) is 0 Å². The van der Waals surface area contributed by atoms with E-state index < -0.39 is 0 Å². The molecule has 2 heterocycles. The molecule has 0 aliphatic carbocycles. The number of hydrogen-bond acceptors (Lipinski definition) is 3. The quantitative estimate of drug-likeness (QED) is 0.565. The Bertz CT molecular complexity index is 296. The Morgan fingerprint density at radius 2 is 2.33 bits per heavy atom. The molecule has 1 aromatic heterocycles. The van der Waals surface area contributed by atoms with Crippen LogP contribution in [0.5, 0.6) is 0 Å². The minimum atomic E-state index is 0.879. The second-order valence-corrected chi connectivity index (χ2v) is 3.38. The smallest absolute Gasteiger partial charge is 0.125 e. The summed E-state index contributed by atoms with van der Waals surface area (Å²) in [6.07, 6.45) is 3.05. The third-order valence-corrected chi connectivity index (χ3v) is 2.26. The van der Waals surface area contributed by atoms with Crippen LogP contribution >= 0.6 is 0 Å². The molecule has 0 saturated carbocycles. The number of nitrogens with zero attached hydrogens (tertiary/aromatic N) is 3. The zero-order valence-corrected chi connectivity index (χ0v) is 7.54.